The molecule has 6 nitrogen and oxygen atoms in total. The number of ketones is 2. The van der Waals surface area contributed by atoms with E-state index >= 15 is 0 Å². The van der Waals surface area contributed by atoms with Crippen LogP contribution in [0.2, 0.25) is 0 Å². The Balaban J connectivity index is 1.49. The van der Waals surface area contributed by atoms with Crippen LogP contribution in [0.4, 0.5) is 0 Å². The standard InChI is InChI=1S/C25H16N2O4/c1-14(6-5-9-26-2)20-13-21-25(31-20)27-22(30-21)12-19-23(28)17-10-15-7-3-4-8-16(15)11-18(17)24(19)29/h3-13H,2H2,1H3/b9-5-,14-6+. The average Bonchev–Trinajstić information content (AvgIpc) is 3.40. The summed E-state index contributed by atoms with van der Waals surface area (Å²) in [5.74, 6) is 0.0818. The first-order valence-electron chi connectivity index (χ1n) is 9.59. The van der Waals surface area contributed by atoms with Gasteiger partial charge >= 0.3 is 0 Å². The predicted molar refractivity (Wildman–Crippen MR) is 119 cm³/mol. The predicted octanol–water partition coefficient (Wildman–Crippen LogP) is 5.65. The molecule has 2 heterocycles. The number of rotatable bonds is 4. The molecule has 0 radical (unpaired) electrons. The molecule has 2 aromatic carbocycles. The number of hydrogen-bond donors (Lipinski definition) is 0. The molecule has 1 aliphatic rings. The summed E-state index contributed by atoms with van der Waals surface area (Å²) in [4.78, 5) is 33.7. The summed E-state index contributed by atoms with van der Waals surface area (Å²) in [6.45, 7) is 5.26. The van der Waals surface area contributed by atoms with Gasteiger partial charge in [0.2, 0.25) is 5.89 Å². The van der Waals surface area contributed by atoms with E-state index in [1.54, 1.807) is 30.5 Å². The highest BCUT2D eigenvalue weighted by atomic mass is 16.4. The zero-order valence-corrected chi connectivity index (χ0v) is 16.6. The highest BCUT2D eigenvalue weighted by molar-refractivity contribution is 6.41. The molecule has 4 aromatic rings. The van der Waals surface area contributed by atoms with Crippen LogP contribution in [0.25, 0.3) is 33.7 Å². The lowest BCUT2D eigenvalue weighted by Gasteiger charge is -2.00. The summed E-state index contributed by atoms with van der Waals surface area (Å²) < 4.78 is 11.4. The van der Waals surface area contributed by atoms with Crippen molar-refractivity contribution < 1.29 is 18.4 Å². The third-order valence-electron chi connectivity index (χ3n) is 5.16. The Morgan fingerprint density at radius 1 is 1.03 bits per heavy atom. The summed E-state index contributed by atoms with van der Waals surface area (Å²) in [6, 6.07) is 12.8. The second kappa shape index (κ2) is 7.18. The van der Waals surface area contributed by atoms with Crippen LogP contribution in [-0.4, -0.2) is 23.3 Å². The molecule has 0 atom stereocenters. The molecule has 31 heavy (non-hydrogen) atoms. The number of oxazole rings is 1. The molecular weight excluding hydrogens is 392 g/mol. The molecule has 0 saturated heterocycles. The van der Waals surface area contributed by atoms with E-state index in [1.807, 2.05) is 37.3 Å². The van der Waals surface area contributed by atoms with Gasteiger partial charge in [-0.05, 0) is 48.2 Å². The Morgan fingerprint density at radius 2 is 1.71 bits per heavy atom. The van der Waals surface area contributed by atoms with Crippen molar-refractivity contribution in [3.05, 3.63) is 89.2 Å². The molecule has 1 aliphatic carbocycles. The Hall–Kier alpha value is -4.32. The lowest BCUT2D eigenvalue weighted by atomic mass is 10.0. The van der Waals surface area contributed by atoms with Crippen LogP contribution in [0.15, 0.2) is 80.2 Å². The van der Waals surface area contributed by atoms with Crippen LogP contribution in [0.3, 0.4) is 0 Å². The maximum Gasteiger partial charge on any atom is 0.266 e. The van der Waals surface area contributed by atoms with Gasteiger partial charge in [-0.1, -0.05) is 30.3 Å². The van der Waals surface area contributed by atoms with Gasteiger partial charge in [0.05, 0.1) is 5.57 Å². The van der Waals surface area contributed by atoms with E-state index in [0.29, 0.717) is 28.2 Å². The molecule has 6 heteroatoms. The number of Topliss-reactive ketones (excluding diaryl/α,β-unsaturated/α-hetero) is 2. The van der Waals surface area contributed by atoms with Crippen molar-refractivity contribution in [2.24, 2.45) is 4.99 Å². The van der Waals surface area contributed by atoms with Gasteiger partial charge < -0.3 is 8.83 Å². The molecule has 0 fully saturated rings. The van der Waals surface area contributed by atoms with Crippen molar-refractivity contribution in [1.82, 2.24) is 4.98 Å². The number of benzene rings is 2. The van der Waals surface area contributed by atoms with E-state index in [9.17, 15) is 9.59 Å². The maximum absolute atomic E-state index is 12.9. The number of carbonyl (C=O) groups excluding carboxylic acids is 2. The van der Waals surface area contributed by atoms with Gasteiger partial charge in [0.1, 0.15) is 5.76 Å². The number of aliphatic imine (C=N–C) groups is 1. The van der Waals surface area contributed by atoms with Gasteiger partial charge in [0.15, 0.2) is 17.1 Å². The van der Waals surface area contributed by atoms with Crippen molar-refractivity contribution in [2.75, 3.05) is 0 Å². The highest BCUT2D eigenvalue weighted by Crippen LogP contribution is 2.32. The van der Waals surface area contributed by atoms with Gasteiger partial charge in [-0.3, -0.25) is 14.6 Å². The minimum absolute atomic E-state index is 0.0348. The minimum Gasteiger partial charge on any atom is -0.435 e. The van der Waals surface area contributed by atoms with Crippen LogP contribution in [-0.2, 0) is 0 Å². The lowest BCUT2D eigenvalue weighted by molar-refractivity contribution is 0.0990. The second-order valence-electron chi connectivity index (χ2n) is 7.17. The minimum atomic E-state index is -0.331. The fraction of sp³-hybridized carbons (Fsp3) is 0.0400. The number of nitrogens with zero attached hydrogens (tertiary/aromatic N) is 2. The van der Waals surface area contributed by atoms with Crippen molar-refractivity contribution in [3.63, 3.8) is 0 Å². The molecule has 0 unspecified atom stereocenters. The summed E-state index contributed by atoms with van der Waals surface area (Å²) in [5, 5.41) is 1.82. The molecule has 150 valence electrons. The summed E-state index contributed by atoms with van der Waals surface area (Å²) in [5.41, 5.74) is 2.41. The Kier molecular flexibility index (Phi) is 4.33. The molecule has 2 aromatic heterocycles. The average molecular weight is 408 g/mol. The SMILES string of the molecule is C=N/C=C\C=C(/C)c1cc2oc(C=C3C(=O)c4cc5ccccc5cc4C3=O)nc2o1. The maximum atomic E-state index is 12.9. The number of allylic oxidation sites excluding steroid dienone is 4. The lowest BCUT2D eigenvalue weighted by Crippen LogP contribution is -2.00. The van der Waals surface area contributed by atoms with Crippen LogP contribution in [0, 0.1) is 0 Å². The van der Waals surface area contributed by atoms with Gasteiger partial charge in [-0.15, -0.1) is 0 Å². The number of carbonyl (C=O) groups is 2. The topological polar surface area (TPSA) is 85.7 Å². The van der Waals surface area contributed by atoms with Crippen LogP contribution in [0.5, 0.6) is 0 Å². The highest BCUT2D eigenvalue weighted by Gasteiger charge is 2.34. The summed E-state index contributed by atoms with van der Waals surface area (Å²) >= 11 is 0. The number of fused-ring (bicyclic) bond motifs is 3. The van der Waals surface area contributed by atoms with Gasteiger partial charge in [-0.2, -0.15) is 4.98 Å². The molecule has 0 bridgehead atoms. The molecular formula is C25H16N2O4. The first-order valence-corrected chi connectivity index (χ1v) is 9.59. The van der Waals surface area contributed by atoms with E-state index < -0.39 is 0 Å². The number of furan rings is 1. The third kappa shape index (κ3) is 3.14. The summed E-state index contributed by atoms with van der Waals surface area (Å²) in [6.07, 6.45) is 6.52. The Labute approximate surface area is 176 Å². The normalized spacial score (nSPS) is 14.2. The number of hydrogen-bond acceptors (Lipinski definition) is 6. The first-order chi connectivity index (χ1) is 15.0. The van der Waals surface area contributed by atoms with E-state index in [1.165, 1.54) is 6.08 Å². The quantitative estimate of drug-likeness (QED) is 0.188. The Bertz CT molecular complexity index is 1410. The molecule has 0 aliphatic heterocycles. The summed E-state index contributed by atoms with van der Waals surface area (Å²) in [7, 11) is 0. The van der Waals surface area contributed by atoms with Crippen LogP contribution in [0.1, 0.15) is 39.3 Å². The molecule has 0 spiro atoms. The largest absolute Gasteiger partial charge is 0.435 e. The van der Waals surface area contributed by atoms with Crippen molar-refractivity contribution >= 4 is 52.0 Å². The fourth-order valence-corrected chi connectivity index (χ4v) is 3.60. The Morgan fingerprint density at radius 3 is 2.32 bits per heavy atom. The number of aromatic nitrogens is 1. The van der Waals surface area contributed by atoms with Crippen molar-refractivity contribution in [2.45, 2.75) is 6.92 Å². The van der Waals surface area contributed by atoms with Gasteiger partial charge in [0, 0.05) is 29.5 Å². The van der Waals surface area contributed by atoms with E-state index in [-0.39, 0.29) is 23.0 Å². The molecule has 0 N–H and O–H groups in total. The zero-order chi connectivity index (χ0) is 21.5. The molecule has 0 amide bonds. The van der Waals surface area contributed by atoms with Gasteiger partial charge in [-0.25, -0.2) is 0 Å². The first kappa shape index (κ1) is 18.7. The smallest absolute Gasteiger partial charge is 0.266 e. The van der Waals surface area contributed by atoms with Crippen molar-refractivity contribution in [1.29, 1.82) is 0 Å². The van der Waals surface area contributed by atoms with Crippen molar-refractivity contribution in [3.8, 4) is 0 Å². The zero-order valence-electron chi connectivity index (χ0n) is 16.6. The monoisotopic (exact) mass is 408 g/mol. The van der Waals surface area contributed by atoms with E-state index in [4.69, 9.17) is 8.83 Å². The van der Waals surface area contributed by atoms with E-state index in [0.717, 1.165) is 16.3 Å². The molecule has 5 rings (SSSR count). The second-order valence-corrected chi connectivity index (χ2v) is 7.17. The van der Waals surface area contributed by atoms with Gasteiger partial charge in [0.25, 0.3) is 5.71 Å². The van der Waals surface area contributed by atoms with E-state index in [2.05, 4.69) is 16.7 Å². The third-order valence-corrected chi connectivity index (χ3v) is 5.16. The van der Waals surface area contributed by atoms with Crippen LogP contribution < -0.4 is 0 Å². The van der Waals surface area contributed by atoms with Crippen LogP contribution >= 0.6 is 0 Å². The molecule has 0 saturated carbocycles. The fourth-order valence-electron chi connectivity index (χ4n) is 3.60.